The Kier molecular flexibility index (Phi) is 3.78. The lowest BCUT2D eigenvalue weighted by atomic mass is 10.1. The molecule has 0 aliphatic heterocycles. The Bertz CT molecular complexity index is 537. The van der Waals surface area contributed by atoms with Gasteiger partial charge in [0, 0.05) is 12.7 Å². The van der Waals surface area contributed by atoms with Gasteiger partial charge in [-0.05, 0) is 24.3 Å². The lowest BCUT2D eigenvalue weighted by Gasteiger charge is -1.98. The number of aromatic nitrogens is 3. The third kappa shape index (κ3) is 2.78. The smallest absolute Gasteiger partial charge is 0.232 e. The molecule has 0 saturated carbocycles. The number of rotatable bonds is 5. The molecule has 18 heavy (non-hydrogen) atoms. The number of carbonyl (C=O) groups is 1. The van der Waals surface area contributed by atoms with Gasteiger partial charge in [0.15, 0.2) is 0 Å². The van der Waals surface area contributed by atoms with Crippen molar-refractivity contribution < 1.29 is 13.9 Å². The number of nitrogens with zero attached hydrogens (tertiary/aromatic N) is 3. The molecule has 0 aliphatic rings. The molecule has 0 N–H and O–H groups in total. The Hall–Kier alpha value is -2.08. The van der Waals surface area contributed by atoms with E-state index >= 15 is 0 Å². The van der Waals surface area contributed by atoms with Gasteiger partial charge >= 0.3 is 0 Å². The molecule has 1 aromatic heterocycles. The summed E-state index contributed by atoms with van der Waals surface area (Å²) in [7, 11) is 1.58. The number of methoxy groups -OCH3 is 1. The van der Waals surface area contributed by atoms with E-state index in [1.54, 1.807) is 7.11 Å². The number of halogens is 1. The Labute approximate surface area is 103 Å². The van der Waals surface area contributed by atoms with E-state index in [1.165, 1.54) is 35.3 Å². The summed E-state index contributed by atoms with van der Waals surface area (Å²) in [6, 6.07) is 5.28. The minimum Gasteiger partial charge on any atom is -0.383 e. The Balaban J connectivity index is 2.13. The van der Waals surface area contributed by atoms with Gasteiger partial charge < -0.3 is 4.74 Å². The molecule has 1 aromatic carbocycles. The molecule has 0 fully saturated rings. The minimum absolute atomic E-state index is 0.0951. The quantitative estimate of drug-likeness (QED) is 0.749. The first kappa shape index (κ1) is 12.4. The van der Waals surface area contributed by atoms with Crippen molar-refractivity contribution in [3.63, 3.8) is 0 Å². The van der Waals surface area contributed by atoms with Crippen LogP contribution in [-0.2, 0) is 11.3 Å². The van der Waals surface area contributed by atoms with Crippen LogP contribution < -0.4 is 0 Å². The molecule has 0 saturated heterocycles. The topological polar surface area (TPSA) is 57.0 Å². The van der Waals surface area contributed by atoms with Crippen LogP contribution in [0.1, 0.15) is 16.2 Å². The van der Waals surface area contributed by atoms with Crippen LogP contribution in [0.2, 0.25) is 0 Å². The van der Waals surface area contributed by atoms with Crippen molar-refractivity contribution in [2.45, 2.75) is 6.54 Å². The molecular weight excluding hydrogens is 237 g/mol. The van der Waals surface area contributed by atoms with Gasteiger partial charge in [0.1, 0.15) is 12.1 Å². The van der Waals surface area contributed by atoms with E-state index in [4.69, 9.17) is 4.74 Å². The lowest BCUT2D eigenvalue weighted by molar-refractivity contribution is 0.102. The van der Waals surface area contributed by atoms with Gasteiger partial charge in [0.2, 0.25) is 11.6 Å². The molecule has 2 rings (SSSR count). The zero-order valence-electron chi connectivity index (χ0n) is 9.84. The molecule has 0 radical (unpaired) electrons. The second kappa shape index (κ2) is 5.50. The zero-order valence-corrected chi connectivity index (χ0v) is 9.84. The number of ether oxygens (including phenoxy) is 1. The Morgan fingerprint density at radius 2 is 2.11 bits per heavy atom. The van der Waals surface area contributed by atoms with Crippen LogP contribution in [0.3, 0.4) is 0 Å². The monoisotopic (exact) mass is 249 g/mol. The largest absolute Gasteiger partial charge is 0.383 e. The summed E-state index contributed by atoms with van der Waals surface area (Å²) >= 11 is 0. The molecule has 2 aromatic rings. The summed E-state index contributed by atoms with van der Waals surface area (Å²) in [5, 5.41) is 4.03. The maximum Gasteiger partial charge on any atom is 0.232 e. The molecule has 0 aliphatic carbocycles. The molecule has 5 nitrogen and oxygen atoms in total. The Morgan fingerprint density at radius 1 is 1.39 bits per heavy atom. The molecule has 1 heterocycles. The van der Waals surface area contributed by atoms with Crippen LogP contribution in [0, 0.1) is 5.82 Å². The standard InChI is InChI=1S/C12H12FN3O2/c1-18-7-6-16-8-14-12(15-16)11(17)9-2-4-10(13)5-3-9/h2-5,8H,6-7H2,1H3. The number of ketones is 1. The van der Waals surface area contributed by atoms with Crippen molar-refractivity contribution in [2.75, 3.05) is 13.7 Å². The average molecular weight is 249 g/mol. The molecule has 0 unspecified atom stereocenters. The van der Waals surface area contributed by atoms with Gasteiger partial charge in [0.05, 0.1) is 13.2 Å². The lowest BCUT2D eigenvalue weighted by Crippen LogP contribution is -2.08. The first-order chi connectivity index (χ1) is 8.70. The summed E-state index contributed by atoms with van der Waals surface area (Å²) in [6.07, 6.45) is 1.47. The average Bonchev–Trinajstić information content (AvgIpc) is 2.85. The molecule has 94 valence electrons. The summed E-state index contributed by atoms with van der Waals surface area (Å²) in [5.41, 5.74) is 0.362. The first-order valence-electron chi connectivity index (χ1n) is 5.39. The van der Waals surface area contributed by atoms with E-state index in [9.17, 15) is 9.18 Å². The number of carbonyl (C=O) groups excluding carboxylic acids is 1. The van der Waals surface area contributed by atoms with Crippen LogP contribution in [0.15, 0.2) is 30.6 Å². The van der Waals surface area contributed by atoms with Gasteiger partial charge in [-0.1, -0.05) is 0 Å². The highest BCUT2D eigenvalue weighted by molar-refractivity contribution is 6.06. The van der Waals surface area contributed by atoms with Crippen molar-refractivity contribution in [3.05, 3.63) is 47.8 Å². The fraction of sp³-hybridized carbons (Fsp3) is 0.250. The fourth-order valence-electron chi connectivity index (χ4n) is 1.42. The van der Waals surface area contributed by atoms with Crippen molar-refractivity contribution in [3.8, 4) is 0 Å². The predicted octanol–water partition coefficient (Wildman–Crippen LogP) is 1.29. The molecule has 0 spiro atoms. The van der Waals surface area contributed by atoms with Crippen molar-refractivity contribution >= 4 is 5.78 Å². The molecular formula is C12H12FN3O2. The highest BCUT2D eigenvalue weighted by Crippen LogP contribution is 2.07. The van der Waals surface area contributed by atoms with Crippen LogP contribution in [0.5, 0.6) is 0 Å². The highest BCUT2D eigenvalue weighted by atomic mass is 19.1. The van der Waals surface area contributed by atoms with E-state index in [2.05, 4.69) is 10.1 Å². The van der Waals surface area contributed by atoms with E-state index in [0.29, 0.717) is 18.7 Å². The number of benzene rings is 1. The number of hydrogen-bond acceptors (Lipinski definition) is 4. The van der Waals surface area contributed by atoms with Crippen molar-refractivity contribution in [1.82, 2.24) is 14.8 Å². The molecule has 0 bridgehead atoms. The van der Waals surface area contributed by atoms with Gasteiger partial charge in [0.25, 0.3) is 0 Å². The van der Waals surface area contributed by atoms with Gasteiger partial charge in [-0.15, -0.1) is 5.10 Å². The third-order valence-corrected chi connectivity index (χ3v) is 2.37. The molecule has 6 heteroatoms. The molecule has 0 atom stereocenters. The summed E-state index contributed by atoms with van der Waals surface area (Å²) in [5.74, 6) is -0.617. The normalized spacial score (nSPS) is 10.6. The van der Waals surface area contributed by atoms with Crippen LogP contribution in [-0.4, -0.2) is 34.3 Å². The fourth-order valence-corrected chi connectivity index (χ4v) is 1.42. The van der Waals surface area contributed by atoms with Crippen LogP contribution in [0.25, 0.3) is 0 Å². The van der Waals surface area contributed by atoms with Gasteiger partial charge in [-0.2, -0.15) is 0 Å². The second-order valence-corrected chi connectivity index (χ2v) is 3.66. The third-order valence-electron chi connectivity index (χ3n) is 2.37. The van der Waals surface area contributed by atoms with Gasteiger partial charge in [-0.3, -0.25) is 4.79 Å². The Morgan fingerprint density at radius 3 is 2.78 bits per heavy atom. The van der Waals surface area contributed by atoms with E-state index in [-0.39, 0.29) is 17.4 Å². The minimum atomic E-state index is -0.384. The van der Waals surface area contributed by atoms with Gasteiger partial charge in [-0.25, -0.2) is 14.1 Å². The number of hydrogen-bond donors (Lipinski definition) is 0. The van der Waals surface area contributed by atoms with E-state index in [0.717, 1.165) is 0 Å². The highest BCUT2D eigenvalue weighted by Gasteiger charge is 2.13. The molecule has 0 amide bonds. The van der Waals surface area contributed by atoms with Crippen molar-refractivity contribution in [2.24, 2.45) is 0 Å². The van der Waals surface area contributed by atoms with E-state index < -0.39 is 0 Å². The maximum absolute atomic E-state index is 12.7. The predicted molar refractivity (Wildman–Crippen MR) is 61.7 cm³/mol. The second-order valence-electron chi connectivity index (χ2n) is 3.66. The van der Waals surface area contributed by atoms with E-state index in [1.807, 2.05) is 0 Å². The summed E-state index contributed by atoms with van der Waals surface area (Å²) < 4.78 is 19.2. The first-order valence-corrected chi connectivity index (χ1v) is 5.39. The zero-order chi connectivity index (χ0) is 13.0. The van der Waals surface area contributed by atoms with Crippen LogP contribution in [0.4, 0.5) is 4.39 Å². The summed E-state index contributed by atoms with van der Waals surface area (Å²) in [6.45, 7) is 1.02. The van der Waals surface area contributed by atoms with Crippen LogP contribution >= 0.6 is 0 Å². The van der Waals surface area contributed by atoms with Crippen molar-refractivity contribution in [1.29, 1.82) is 0 Å². The maximum atomic E-state index is 12.7. The summed E-state index contributed by atoms with van der Waals surface area (Å²) in [4.78, 5) is 15.9. The SMILES string of the molecule is COCCn1cnc(C(=O)c2ccc(F)cc2)n1.